The number of ketones is 1. The molecule has 0 bridgehead atoms. The van der Waals surface area contributed by atoms with E-state index in [-0.39, 0.29) is 12.3 Å². The van der Waals surface area contributed by atoms with Crippen LogP contribution in [0.3, 0.4) is 0 Å². The zero-order chi connectivity index (χ0) is 24.6. The van der Waals surface area contributed by atoms with Gasteiger partial charge < -0.3 is 25.8 Å². The number of hydrogen-bond donors (Lipinski definition) is 4. The van der Waals surface area contributed by atoms with E-state index < -0.39 is 66.2 Å². The molecule has 0 saturated heterocycles. The summed E-state index contributed by atoms with van der Waals surface area (Å²) in [6, 6.07) is -3.22. The molecule has 2 atom stereocenters. The van der Waals surface area contributed by atoms with Gasteiger partial charge in [0.2, 0.25) is 17.7 Å². The van der Waals surface area contributed by atoms with Crippen LogP contribution in [-0.2, 0) is 23.9 Å². The molecule has 0 aliphatic carbocycles. The fourth-order valence-corrected chi connectivity index (χ4v) is 2.40. The topological polar surface area (TPSA) is 151 Å². The molecular weight excluding hydrogens is 420 g/mol. The molecular formula is C19H31F2N3O7. The minimum atomic E-state index is -3.42. The van der Waals surface area contributed by atoms with Crippen LogP contribution in [0.25, 0.3) is 0 Å². The first kappa shape index (κ1) is 28.2. The molecule has 0 rings (SSSR count). The molecule has 0 heterocycles. The van der Waals surface area contributed by atoms with Crippen molar-refractivity contribution < 1.29 is 42.6 Å². The molecule has 10 nitrogen and oxygen atoms in total. The van der Waals surface area contributed by atoms with E-state index in [1.807, 2.05) is 5.32 Å². The normalized spacial score (nSPS) is 13.7. The fourth-order valence-electron chi connectivity index (χ4n) is 2.40. The molecule has 0 radical (unpaired) electrons. The Morgan fingerprint density at radius 3 is 1.94 bits per heavy atom. The Kier molecular flexibility index (Phi) is 10.5. The van der Waals surface area contributed by atoms with Crippen LogP contribution in [0.1, 0.15) is 54.4 Å². The lowest BCUT2D eigenvalue weighted by Gasteiger charge is -2.25. The van der Waals surface area contributed by atoms with Gasteiger partial charge in [0.15, 0.2) is 0 Å². The average Bonchev–Trinajstić information content (AvgIpc) is 2.54. The molecule has 0 aliphatic rings. The predicted molar refractivity (Wildman–Crippen MR) is 105 cm³/mol. The number of aliphatic carboxylic acids is 1. The Balaban J connectivity index is 5.20. The highest BCUT2D eigenvalue weighted by atomic mass is 19.3. The number of alkyl carbamates (subject to hydrolysis) is 1. The molecule has 2 unspecified atom stereocenters. The van der Waals surface area contributed by atoms with Crippen LogP contribution < -0.4 is 16.0 Å². The number of amides is 3. The predicted octanol–water partition coefficient (Wildman–Crippen LogP) is 1.23. The van der Waals surface area contributed by atoms with Gasteiger partial charge in [0, 0.05) is 6.42 Å². The fraction of sp³-hybridized carbons (Fsp3) is 0.737. The monoisotopic (exact) mass is 451 g/mol. The van der Waals surface area contributed by atoms with Gasteiger partial charge in [0.1, 0.15) is 24.2 Å². The summed E-state index contributed by atoms with van der Waals surface area (Å²) in [5.74, 6) is -8.89. The number of Topliss-reactive ketones (excluding diaryl/α,β-unsaturated/α-hetero) is 1. The number of carboxylic acids is 1. The highest BCUT2D eigenvalue weighted by Crippen LogP contribution is 2.20. The van der Waals surface area contributed by atoms with Crippen LogP contribution in [0.4, 0.5) is 13.6 Å². The summed E-state index contributed by atoms with van der Waals surface area (Å²) in [4.78, 5) is 58.9. The molecule has 3 amide bonds. The SMILES string of the molecule is CC(C)CC(NC(=O)CNC(=O)OC(C)(C)C)C(=O)NC(CC(C)(F)F)C(=O)C(=O)O. The van der Waals surface area contributed by atoms with Crippen molar-refractivity contribution in [3.8, 4) is 0 Å². The van der Waals surface area contributed by atoms with Gasteiger partial charge >= 0.3 is 12.1 Å². The molecule has 0 saturated carbocycles. The highest BCUT2D eigenvalue weighted by Gasteiger charge is 2.36. The number of carbonyl (C=O) groups is 5. The molecule has 0 spiro atoms. The van der Waals surface area contributed by atoms with E-state index in [2.05, 4.69) is 10.6 Å². The highest BCUT2D eigenvalue weighted by molar-refractivity contribution is 6.35. The standard InChI is InChI=1S/C19H31F2N3O7/c1-10(2)7-11(23-13(25)9-22-17(30)31-18(3,4)5)15(27)24-12(8-19(6,20)21)14(26)16(28)29/h10-12H,7-9H2,1-6H3,(H,22,30)(H,23,25)(H,24,27)(H,28,29). The Morgan fingerprint density at radius 2 is 1.52 bits per heavy atom. The molecule has 31 heavy (non-hydrogen) atoms. The van der Waals surface area contributed by atoms with Crippen molar-refractivity contribution in [1.29, 1.82) is 0 Å². The summed E-state index contributed by atoms with van der Waals surface area (Å²) in [5.41, 5.74) is -0.784. The van der Waals surface area contributed by atoms with Crippen molar-refractivity contribution in [3.05, 3.63) is 0 Å². The summed E-state index contributed by atoms with van der Waals surface area (Å²) >= 11 is 0. The van der Waals surface area contributed by atoms with Crippen molar-refractivity contribution in [3.63, 3.8) is 0 Å². The Morgan fingerprint density at radius 1 is 0.968 bits per heavy atom. The zero-order valence-corrected chi connectivity index (χ0v) is 18.5. The molecule has 178 valence electrons. The minimum Gasteiger partial charge on any atom is -0.475 e. The third-order valence-electron chi connectivity index (χ3n) is 3.56. The largest absolute Gasteiger partial charge is 0.475 e. The lowest BCUT2D eigenvalue weighted by molar-refractivity contribution is -0.151. The molecule has 0 fully saturated rings. The van der Waals surface area contributed by atoms with Crippen molar-refractivity contribution in [2.24, 2.45) is 5.92 Å². The average molecular weight is 451 g/mol. The van der Waals surface area contributed by atoms with Crippen LogP contribution in [0.2, 0.25) is 0 Å². The van der Waals surface area contributed by atoms with Crippen LogP contribution in [-0.4, -0.2) is 64.9 Å². The molecule has 12 heteroatoms. The number of ether oxygens (including phenoxy) is 1. The second-order valence-corrected chi connectivity index (χ2v) is 8.61. The van der Waals surface area contributed by atoms with Gasteiger partial charge in [-0.25, -0.2) is 18.4 Å². The van der Waals surface area contributed by atoms with E-state index in [9.17, 15) is 32.8 Å². The minimum absolute atomic E-state index is 0.0700. The first-order valence-corrected chi connectivity index (χ1v) is 9.63. The van der Waals surface area contributed by atoms with Crippen LogP contribution in [0.5, 0.6) is 0 Å². The van der Waals surface area contributed by atoms with Crippen molar-refractivity contribution in [1.82, 2.24) is 16.0 Å². The Labute approximate surface area is 179 Å². The summed E-state index contributed by atoms with van der Waals surface area (Å²) in [7, 11) is 0. The number of alkyl halides is 2. The molecule has 0 aliphatic heterocycles. The van der Waals surface area contributed by atoms with Gasteiger partial charge in [-0.1, -0.05) is 13.8 Å². The quantitative estimate of drug-likeness (QED) is 0.345. The lowest BCUT2D eigenvalue weighted by Crippen LogP contribution is -2.55. The van der Waals surface area contributed by atoms with E-state index in [0.29, 0.717) is 6.92 Å². The van der Waals surface area contributed by atoms with E-state index in [0.717, 1.165) is 0 Å². The zero-order valence-electron chi connectivity index (χ0n) is 18.5. The maximum Gasteiger partial charge on any atom is 0.408 e. The molecule has 0 aromatic rings. The van der Waals surface area contributed by atoms with Crippen LogP contribution in [0.15, 0.2) is 0 Å². The van der Waals surface area contributed by atoms with Crippen LogP contribution >= 0.6 is 0 Å². The summed E-state index contributed by atoms with van der Waals surface area (Å²) in [6.45, 7) is 8.30. The first-order chi connectivity index (χ1) is 13.9. The number of hydrogen-bond acceptors (Lipinski definition) is 6. The van der Waals surface area contributed by atoms with Gasteiger partial charge in [-0.15, -0.1) is 0 Å². The van der Waals surface area contributed by atoms with Crippen molar-refractivity contribution >= 4 is 29.7 Å². The van der Waals surface area contributed by atoms with E-state index >= 15 is 0 Å². The van der Waals surface area contributed by atoms with Gasteiger partial charge in [0.25, 0.3) is 5.78 Å². The first-order valence-electron chi connectivity index (χ1n) is 9.63. The summed E-state index contributed by atoms with van der Waals surface area (Å²) in [6.07, 6.45) is -2.00. The Bertz CT molecular complexity index is 685. The third-order valence-corrected chi connectivity index (χ3v) is 3.56. The van der Waals surface area contributed by atoms with Gasteiger partial charge in [-0.2, -0.15) is 0 Å². The summed E-state index contributed by atoms with van der Waals surface area (Å²) < 4.78 is 31.7. The maximum atomic E-state index is 13.3. The molecule has 0 aromatic carbocycles. The van der Waals surface area contributed by atoms with Gasteiger partial charge in [0.05, 0.1) is 0 Å². The third kappa shape index (κ3) is 13.2. The smallest absolute Gasteiger partial charge is 0.408 e. The number of carbonyl (C=O) groups excluding carboxylic acids is 4. The number of halogens is 2. The molecule has 4 N–H and O–H groups in total. The second-order valence-electron chi connectivity index (χ2n) is 8.61. The maximum absolute atomic E-state index is 13.3. The van der Waals surface area contributed by atoms with Gasteiger partial charge in [-0.05, 0) is 40.0 Å². The lowest BCUT2D eigenvalue weighted by atomic mass is 10.0. The number of carboxylic acid groups (broad SMARTS) is 1. The number of rotatable bonds is 11. The van der Waals surface area contributed by atoms with Crippen LogP contribution in [0, 0.1) is 5.92 Å². The summed E-state index contributed by atoms with van der Waals surface area (Å²) in [5, 5.41) is 15.4. The van der Waals surface area contributed by atoms with E-state index in [1.165, 1.54) is 0 Å². The van der Waals surface area contributed by atoms with Crippen molar-refractivity contribution in [2.75, 3.05) is 6.54 Å². The van der Waals surface area contributed by atoms with Crippen molar-refractivity contribution in [2.45, 2.75) is 78.0 Å². The van der Waals surface area contributed by atoms with E-state index in [4.69, 9.17) is 9.84 Å². The molecule has 0 aromatic heterocycles. The Hall–Kier alpha value is -2.79. The van der Waals surface area contributed by atoms with E-state index in [1.54, 1.807) is 34.6 Å². The van der Waals surface area contributed by atoms with Gasteiger partial charge in [-0.3, -0.25) is 14.4 Å². The second kappa shape index (κ2) is 11.6. The number of nitrogens with one attached hydrogen (secondary N) is 3.